The maximum absolute atomic E-state index is 9.45. The Morgan fingerprint density at radius 3 is 2.65 bits per heavy atom. The fourth-order valence-corrected chi connectivity index (χ4v) is 1.95. The molecule has 2 N–H and O–H groups in total. The molecule has 3 nitrogen and oxygen atoms in total. The van der Waals surface area contributed by atoms with Gasteiger partial charge in [0.15, 0.2) is 4.67 Å². The summed E-state index contributed by atoms with van der Waals surface area (Å²) in [6.07, 6.45) is 0. The van der Waals surface area contributed by atoms with E-state index < -0.39 is 0 Å². The fraction of sp³-hybridized carbons (Fsp3) is 0.231. The van der Waals surface area contributed by atoms with Gasteiger partial charge in [-0.05, 0) is 65.7 Å². The van der Waals surface area contributed by atoms with Gasteiger partial charge in [-0.15, -0.1) is 0 Å². The Kier molecular flexibility index (Phi) is 3.43. The van der Waals surface area contributed by atoms with Crippen LogP contribution < -0.4 is 5.32 Å². The van der Waals surface area contributed by atoms with Crippen molar-refractivity contribution in [3.63, 3.8) is 0 Å². The minimum atomic E-state index is 0.0743. The Morgan fingerprint density at radius 2 is 2.06 bits per heavy atom. The molecule has 0 aliphatic carbocycles. The third kappa shape index (κ3) is 2.82. The molecule has 1 atom stereocenters. The highest BCUT2D eigenvalue weighted by atomic mass is 79.9. The van der Waals surface area contributed by atoms with E-state index in [0.717, 1.165) is 21.7 Å². The van der Waals surface area contributed by atoms with Crippen molar-refractivity contribution in [3.8, 4) is 5.75 Å². The van der Waals surface area contributed by atoms with Gasteiger partial charge in [-0.25, -0.2) is 0 Å². The molecule has 0 radical (unpaired) electrons. The molecule has 0 aliphatic heterocycles. The zero-order valence-corrected chi connectivity index (χ0v) is 11.3. The number of hydrogen-bond donors (Lipinski definition) is 2. The smallest absolute Gasteiger partial charge is 0.169 e. The van der Waals surface area contributed by atoms with Gasteiger partial charge in [0.05, 0.1) is 6.04 Å². The van der Waals surface area contributed by atoms with Crippen molar-refractivity contribution >= 4 is 21.6 Å². The molecule has 1 unspecified atom stereocenters. The molecular formula is C13H14BrNO2. The molecule has 90 valence electrons. The number of anilines is 1. The fourth-order valence-electron chi connectivity index (χ4n) is 1.63. The lowest BCUT2D eigenvalue weighted by Gasteiger charge is -2.13. The molecule has 0 amide bonds. The summed E-state index contributed by atoms with van der Waals surface area (Å²) in [5.74, 6) is 1.17. The number of aromatic hydroxyl groups is 1. The molecule has 0 saturated heterocycles. The standard InChI is InChI=1S/C13H14BrNO2/c1-8-7-10(3-4-11(8)16)15-9(2)12-5-6-13(14)17-12/h3-7,9,15-16H,1-2H3. The number of hydrogen-bond acceptors (Lipinski definition) is 3. The van der Waals surface area contributed by atoms with Gasteiger partial charge in [0.1, 0.15) is 11.5 Å². The number of phenols is 1. The summed E-state index contributed by atoms with van der Waals surface area (Å²) in [4.78, 5) is 0. The predicted octanol–water partition coefficient (Wildman–Crippen LogP) is 4.23. The van der Waals surface area contributed by atoms with Crippen molar-refractivity contribution in [3.05, 3.63) is 46.3 Å². The molecule has 0 aliphatic rings. The summed E-state index contributed by atoms with van der Waals surface area (Å²) in [6, 6.07) is 9.30. The first kappa shape index (κ1) is 12.0. The van der Waals surface area contributed by atoms with Crippen LogP contribution in [-0.4, -0.2) is 5.11 Å². The quantitative estimate of drug-likeness (QED) is 0.833. The average Bonchev–Trinajstić information content (AvgIpc) is 2.70. The van der Waals surface area contributed by atoms with Crippen molar-refractivity contribution < 1.29 is 9.52 Å². The summed E-state index contributed by atoms with van der Waals surface area (Å²) < 4.78 is 6.20. The van der Waals surface area contributed by atoms with Gasteiger partial charge in [-0.3, -0.25) is 0 Å². The number of nitrogens with one attached hydrogen (secondary N) is 1. The van der Waals surface area contributed by atoms with Crippen LogP contribution in [0.4, 0.5) is 5.69 Å². The van der Waals surface area contributed by atoms with Crippen molar-refractivity contribution in [1.82, 2.24) is 0 Å². The molecule has 0 spiro atoms. The normalized spacial score (nSPS) is 12.4. The third-order valence-corrected chi connectivity index (χ3v) is 3.03. The molecule has 1 aromatic heterocycles. The molecule has 17 heavy (non-hydrogen) atoms. The first-order valence-corrected chi connectivity index (χ1v) is 6.17. The zero-order valence-electron chi connectivity index (χ0n) is 9.70. The largest absolute Gasteiger partial charge is 0.508 e. The lowest BCUT2D eigenvalue weighted by Crippen LogP contribution is -2.05. The van der Waals surface area contributed by atoms with Crippen LogP contribution in [0.5, 0.6) is 5.75 Å². The summed E-state index contributed by atoms with van der Waals surface area (Å²) >= 11 is 3.28. The van der Waals surface area contributed by atoms with E-state index >= 15 is 0 Å². The van der Waals surface area contributed by atoms with Gasteiger partial charge in [0, 0.05) is 5.69 Å². The highest BCUT2D eigenvalue weighted by molar-refractivity contribution is 9.10. The molecule has 1 aromatic carbocycles. The molecular weight excluding hydrogens is 282 g/mol. The van der Waals surface area contributed by atoms with E-state index in [4.69, 9.17) is 4.42 Å². The van der Waals surface area contributed by atoms with E-state index in [9.17, 15) is 5.11 Å². The highest BCUT2D eigenvalue weighted by Crippen LogP contribution is 2.26. The van der Waals surface area contributed by atoms with Gasteiger partial charge in [0.25, 0.3) is 0 Å². The molecule has 4 heteroatoms. The molecule has 1 heterocycles. The van der Waals surface area contributed by atoms with Crippen LogP contribution in [0.3, 0.4) is 0 Å². The van der Waals surface area contributed by atoms with Crippen molar-refractivity contribution in [1.29, 1.82) is 0 Å². The van der Waals surface area contributed by atoms with Gasteiger partial charge in [0.2, 0.25) is 0 Å². The van der Waals surface area contributed by atoms with Crippen molar-refractivity contribution in [2.75, 3.05) is 5.32 Å². The van der Waals surface area contributed by atoms with Gasteiger partial charge >= 0.3 is 0 Å². The van der Waals surface area contributed by atoms with Crippen molar-refractivity contribution in [2.24, 2.45) is 0 Å². The first-order chi connectivity index (χ1) is 8.06. The summed E-state index contributed by atoms with van der Waals surface area (Å²) in [5.41, 5.74) is 1.81. The van der Waals surface area contributed by atoms with E-state index in [1.807, 2.05) is 38.1 Å². The van der Waals surface area contributed by atoms with E-state index in [0.29, 0.717) is 5.75 Å². The second-order valence-electron chi connectivity index (χ2n) is 4.01. The monoisotopic (exact) mass is 295 g/mol. The molecule has 2 aromatic rings. The van der Waals surface area contributed by atoms with Crippen LogP contribution in [0.25, 0.3) is 0 Å². The number of phenolic OH excluding ortho intramolecular Hbond substituents is 1. The van der Waals surface area contributed by atoms with Crippen LogP contribution in [-0.2, 0) is 0 Å². The number of furan rings is 1. The number of rotatable bonds is 3. The first-order valence-electron chi connectivity index (χ1n) is 5.37. The minimum Gasteiger partial charge on any atom is -0.508 e. The Morgan fingerprint density at radius 1 is 1.29 bits per heavy atom. The van der Waals surface area contributed by atoms with Crippen LogP contribution in [0.2, 0.25) is 0 Å². The second kappa shape index (κ2) is 4.84. The Labute approximate surface area is 109 Å². The highest BCUT2D eigenvalue weighted by Gasteiger charge is 2.10. The lowest BCUT2D eigenvalue weighted by atomic mass is 10.2. The maximum Gasteiger partial charge on any atom is 0.169 e. The van der Waals surface area contributed by atoms with Crippen LogP contribution in [0, 0.1) is 6.92 Å². The van der Waals surface area contributed by atoms with E-state index in [1.165, 1.54) is 0 Å². The molecule has 0 fully saturated rings. The van der Waals surface area contributed by atoms with E-state index in [2.05, 4.69) is 21.2 Å². The zero-order chi connectivity index (χ0) is 12.4. The number of halogens is 1. The lowest BCUT2D eigenvalue weighted by molar-refractivity contribution is 0.469. The molecule has 0 saturated carbocycles. The number of aryl methyl sites for hydroxylation is 1. The SMILES string of the molecule is Cc1cc(NC(C)c2ccc(Br)o2)ccc1O. The summed E-state index contributed by atoms with van der Waals surface area (Å²) in [5, 5.41) is 12.8. The molecule has 2 rings (SSSR count). The Bertz CT molecular complexity index is 522. The average molecular weight is 296 g/mol. The third-order valence-electron chi connectivity index (χ3n) is 2.60. The van der Waals surface area contributed by atoms with Gasteiger partial charge in [-0.1, -0.05) is 0 Å². The van der Waals surface area contributed by atoms with Crippen LogP contribution >= 0.6 is 15.9 Å². The van der Waals surface area contributed by atoms with Crippen molar-refractivity contribution in [2.45, 2.75) is 19.9 Å². The second-order valence-corrected chi connectivity index (χ2v) is 4.79. The van der Waals surface area contributed by atoms with Crippen LogP contribution in [0.1, 0.15) is 24.3 Å². The topological polar surface area (TPSA) is 45.4 Å². The maximum atomic E-state index is 9.45. The van der Waals surface area contributed by atoms with E-state index in [1.54, 1.807) is 6.07 Å². The molecule has 0 bridgehead atoms. The predicted molar refractivity (Wildman–Crippen MR) is 71.3 cm³/mol. The Hall–Kier alpha value is -1.42. The van der Waals surface area contributed by atoms with Gasteiger partial charge < -0.3 is 14.8 Å². The van der Waals surface area contributed by atoms with Gasteiger partial charge in [-0.2, -0.15) is 0 Å². The minimum absolute atomic E-state index is 0.0743. The summed E-state index contributed by atoms with van der Waals surface area (Å²) in [6.45, 7) is 3.89. The number of benzene rings is 1. The Balaban J connectivity index is 2.12. The van der Waals surface area contributed by atoms with Crippen LogP contribution in [0.15, 0.2) is 39.4 Å². The summed E-state index contributed by atoms with van der Waals surface area (Å²) in [7, 11) is 0. The van der Waals surface area contributed by atoms with E-state index in [-0.39, 0.29) is 6.04 Å².